The van der Waals surface area contributed by atoms with E-state index in [1.165, 1.54) is 29.8 Å². The molecular weight excluding hydrogens is 294 g/mol. The number of pyridine rings is 1. The first kappa shape index (κ1) is 14.4. The van der Waals surface area contributed by atoms with Crippen LogP contribution in [0, 0.1) is 0 Å². The van der Waals surface area contributed by atoms with Crippen LogP contribution in [0.3, 0.4) is 0 Å². The van der Waals surface area contributed by atoms with Gasteiger partial charge < -0.3 is 5.73 Å². The summed E-state index contributed by atoms with van der Waals surface area (Å²) in [7, 11) is -2.17. The topological polar surface area (TPSA) is 76.3 Å². The molecule has 2 aromatic rings. The Balaban J connectivity index is 2.43. The summed E-state index contributed by atoms with van der Waals surface area (Å²) < 4.78 is 26.0. The van der Waals surface area contributed by atoms with Crippen LogP contribution in [0.4, 0.5) is 5.69 Å². The molecule has 0 fully saturated rings. The van der Waals surface area contributed by atoms with Crippen molar-refractivity contribution >= 4 is 32.9 Å². The Hall–Kier alpha value is -1.99. The number of thiocarbonyl (C=S) groups is 1. The van der Waals surface area contributed by atoms with E-state index in [9.17, 15) is 8.42 Å². The van der Waals surface area contributed by atoms with E-state index in [-0.39, 0.29) is 9.88 Å². The van der Waals surface area contributed by atoms with Crippen molar-refractivity contribution in [3.8, 4) is 0 Å². The predicted octanol–water partition coefficient (Wildman–Crippen LogP) is 1.54. The first-order valence-electron chi connectivity index (χ1n) is 5.72. The molecule has 2 rings (SSSR count). The second kappa shape index (κ2) is 5.56. The Morgan fingerprint density at radius 1 is 1.30 bits per heavy atom. The third kappa shape index (κ3) is 2.78. The van der Waals surface area contributed by atoms with Crippen molar-refractivity contribution in [3.63, 3.8) is 0 Å². The molecule has 20 heavy (non-hydrogen) atoms. The van der Waals surface area contributed by atoms with Crippen LogP contribution in [0.25, 0.3) is 0 Å². The summed E-state index contributed by atoms with van der Waals surface area (Å²) in [6.45, 7) is 0. The first-order valence-corrected chi connectivity index (χ1v) is 7.56. The van der Waals surface area contributed by atoms with Crippen molar-refractivity contribution in [2.75, 3.05) is 11.4 Å². The molecule has 0 aliphatic carbocycles. The lowest BCUT2D eigenvalue weighted by molar-refractivity contribution is 0.594. The monoisotopic (exact) mass is 307 g/mol. The number of anilines is 1. The minimum Gasteiger partial charge on any atom is -0.389 e. The number of rotatable bonds is 4. The zero-order valence-electron chi connectivity index (χ0n) is 10.7. The molecule has 0 aliphatic rings. The number of hydrogen-bond acceptors (Lipinski definition) is 4. The fraction of sp³-hybridized carbons (Fsp3) is 0.0769. The van der Waals surface area contributed by atoms with Crippen LogP contribution in [0.1, 0.15) is 5.56 Å². The molecule has 0 spiro atoms. The van der Waals surface area contributed by atoms with E-state index >= 15 is 0 Å². The first-order chi connectivity index (χ1) is 9.43. The van der Waals surface area contributed by atoms with Crippen LogP contribution in [-0.2, 0) is 10.0 Å². The molecule has 2 N–H and O–H groups in total. The van der Waals surface area contributed by atoms with E-state index in [2.05, 4.69) is 4.98 Å². The van der Waals surface area contributed by atoms with Crippen LogP contribution in [0.15, 0.2) is 53.7 Å². The molecule has 5 nitrogen and oxygen atoms in total. The lowest BCUT2D eigenvalue weighted by Crippen LogP contribution is -2.27. The van der Waals surface area contributed by atoms with Gasteiger partial charge in [0, 0.05) is 25.0 Å². The molecule has 0 aliphatic heterocycles. The summed E-state index contributed by atoms with van der Waals surface area (Å²) in [6, 6.07) is 9.82. The number of benzene rings is 1. The van der Waals surface area contributed by atoms with Crippen molar-refractivity contribution in [3.05, 3.63) is 54.4 Å². The van der Waals surface area contributed by atoms with Crippen LogP contribution < -0.4 is 10.0 Å². The van der Waals surface area contributed by atoms with Gasteiger partial charge in [-0.15, -0.1) is 0 Å². The van der Waals surface area contributed by atoms with Crippen molar-refractivity contribution in [1.82, 2.24) is 4.98 Å². The summed E-state index contributed by atoms with van der Waals surface area (Å²) in [4.78, 5) is 4.18. The summed E-state index contributed by atoms with van der Waals surface area (Å²) in [6.07, 6.45) is 2.83. The van der Waals surface area contributed by atoms with Gasteiger partial charge in [-0.05, 0) is 24.3 Å². The third-order valence-electron chi connectivity index (χ3n) is 2.79. The van der Waals surface area contributed by atoms with Crippen LogP contribution in [0.5, 0.6) is 0 Å². The fourth-order valence-corrected chi connectivity index (χ4v) is 2.93. The minimum absolute atomic E-state index is 0.128. The normalized spacial score (nSPS) is 11.1. The summed E-state index contributed by atoms with van der Waals surface area (Å²) >= 11 is 4.89. The molecule has 1 aromatic carbocycles. The van der Waals surface area contributed by atoms with E-state index in [1.54, 1.807) is 30.3 Å². The largest absolute Gasteiger partial charge is 0.389 e. The van der Waals surface area contributed by atoms with E-state index in [4.69, 9.17) is 18.0 Å². The highest BCUT2D eigenvalue weighted by atomic mass is 32.2. The van der Waals surface area contributed by atoms with E-state index in [0.717, 1.165) is 0 Å². The van der Waals surface area contributed by atoms with Gasteiger partial charge in [0.25, 0.3) is 10.0 Å². The molecule has 0 saturated heterocycles. The van der Waals surface area contributed by atoms with Crippen LogP contribution in [0.2, 0.25) is 0 Å². The summed E-state index contributed by atoms with van der Waals surface area (Å²) in [5.74, 6) is 0. The number of aromatic nitrogens is 1. The highest BCUT2D eigenvalue weighted by molar-refractivity contribution is 7.92. The molecule has 0 radical (unpaired) electrons. The Morgan fingerprint density at radius 3 is 2.65 bits per heavy atom. The zero-order chi connectivity index (χ0) is 14.8. The minimum atomic E-state index is -3.65. The van der Waals surface area contributed by atoms with Crippen molar-refractivity contribution in [2.45, 2.75) is 4.90 Å². The van der Waals surface area contributed by atoms with Gasteiger partial charge in [0.05, 0.1) is 5.69 Å². The Kier molecular flexibility index (Phi) is 4.01. The van der Waals surface area contributed by atoms with Gasteiger partial charge >= 0.3 is 0 Å². The summed E-state index contributed by atoms with van der Waals surface area (Å²) in [5, 5.41) is 0. The average molecular weight is 307 g/mol. The molecule has 0 saturated carbocycles. The van der Waals surface area contributed by atoms with E-state index < -0.39 is 10.0 Å². The zero-order valence-corrected chi connectivity index (χ0v) is 12.4. The number of nitrogens with zero attached hydrogens (tertiary/aromatic N) is 2. The van der Waals surface area contributed by atoms with E-state index in [0.29, 0.717) is 11.3 Å². The maximum absolute atomic E-state index is 12.4. The maximum atomic E-state index is 12.4. The lowest BCUT2D eigenvalue weighted by Gasteiger charge is -2.19. The van der Waals surface area contributed by atoms with Crippen molar-refractivity contribution in [2.24, 2.45) is 5.73 Å². The molecular formula is C13H13N3O2S2. The molecule has 0 bridgehead atoms. The molecule has 7 heteroatoms. The quantitative estimate of drug-likeness (QED) is 0.867. The highest BCUT2D eigenvalue weighted by Gasteiger charge is 2.21. The molecule has 104 valence electrons. The van der Waals surface area contributed by atoms with Gasteiger partial charge in [-0.3, -0.25) is 9.29 Å². The van der Waals surface area contributed by atoms with Gasteiger partial charge in [-0.25, -0.2) is 8.42 Å². The molecule has 1 heterocycles. The van der Waals surface area contributed by atoms with Crippen LogP contribution >= 0.6 is 12.2 Å². The number of nitrogens with two attached hydrogens (primary N) is 1. The standard InChI is InChI=1S/C13H13N3O2S2/c1-16(11-5-2-4-10(8-11)13(14)19)20(17,18)12-6-3-7-15-9-12/h2-9H,1H3,(H2,14,19). The number of hydrogen-bond donors (Lipinski definition) is 1. The van der Waals surface area contributed by atoms with Crippen molar-refractivity contribution in [1.29, 1.82) is 0 Å². The molecule has 1 aromatic heterocycles. The Labute approximate surface area is 123 Å². The van der Waals surface area contributed by atoms with E-state index in [1.807, 2.05) is 0 Å². The number of sulfonamides is 1. The molecule has 0 amide bonds. The smallest absolute Gasteiger partial charge is 0.265 e. The third-order valence-corrected chi connectivity index (χ3v) is 4.79. The second-order valence-corrected chi connectivity index (χ2v) is 6.48. The van der Waals surface area contributed by atoms with Gasteiger partial charge in [0.15, 0.2) is 0 Å². The van der Waals surface area contributed by atoms with Crippen molar-refractivity contribution < 1.29 is 8.42 Å². The maximum Gasteiger partial charge on any atom is 0.265 e. The summed E-state index contributed by atoms with van der Waals surface area (Å²) in [5.41, 5.74) is 6.66. The van der Waals surface area contributed by atoms with Gasteiger partial charge in [-0.2, -0.15) is 0 Å². The Morgan fingerprint density at radius 2 is 2.05 bits per heavy atom. The van der Waals surface area contributed by atoms with Gasteiger partial charge in [0.1, 0.15) is 9.88 Å². The lowest BCUT2D eigenvalue weighted by atomic mass is 10.2. The fourth-order valence-electron chi connectivity index (χ4n) is 1.65. The van der Waals surface area contributed by atoms with Gasteiger partial charge in [0.2, 0.25) is 0 Å². The molecule has 0 unspecified atom stereocenters. The molecule has 0 atom stereocenters. The van der Waals surface area contributed by atoms with Gasteiger partial charge in [-0.1, -0.05) is 24.4 Å². The Bertz CT molecular complexity index is 730. The second-order valence-electron chi connectivity index (χ2n) is 4.08. The predicted molar refractivity (Wildman–Crippen MR) is 82.2 cm³/mol. The average Bonchev–Trinajstić information content (AvgIpc) is 2.47. The van der Waals surface area contributed by atoms with Crippen LogP contribution in [-0.4, -0.2) is 25.4 Å². The SMILES string of the molecule is CN(c1cccc(C(N)=S)c1)S(=O)(=O)c1cccnc1. The highest BCUT2D eigenvalue weighted by Crippen LogP contribution is 2.22.